The van der Waals surface area contributed by atoms with Crippen molar-refractivity contribution in [1.29, 1.82) is 0 Å². The molecular formula is C16H24N2O. The van der Waals surface area contributed by atoms with Gasteiger partial charge in [-0.15, -0.1) is 0 Å². The number of hydrogen-bond donors (Lipinski definition) is 0. The molecule has 1 saturated heterocycles. The van der Waals surface area contributed by atoms with Gasteiger partial charge in [-0.05, 0) is 37.0 Å². The lowest BCUT2D eigenvalue weighted by molar-refractivity contribution is 0.208. The minimum atomic E-state index is 0.131. The summed E-state index contributed by atoms with van der Waals surface area (Å²) < 4.78 is 0. The lowest BCUT2D eigenvalue weighted by Crippen LogP contribution is -2.41. The first-order valence-corrected chi connectivity index (χ1v) is 7.34. The number of nitrogens with zero attached hydrogens (tertiary/aromatic N) is 2. The molecule has 2 rings (SSSR count). The van der Waals surface area contributed by atoms with Crippen LogP contribution in [-0.2, 0) is 6.42 Å². The van der Waals surface area contributed by atoms with E-state index in [9.17, 15) is 4.79 Å². The second kappa shape index (κ2) is 6.60. The van der Waals surface area contributed by atoms with E-state index in [1.807, 2.05) is 24.1 Å². The van der Waals surface area contributed by atoms with E-state index in [1.54, 1.807) is 4.90 Å². The summed E-state index contributed by atoms with van der Waals surface area (Å²) in [7, 11) is 1.87. The van der Waals surface area contributed by atoms with E-state index in [1.165, 1.54) is 18.4 Å². The number of amides is 2. The summed E-state index contributed by atoms with van der Waals surface area (Å²) in [6.07, 6.45) is 5.80. The van der Waals surface area contributed by atoms with Crippen LogP contribution in [0.3, 0.4) is 0 Å². The molecule has 0 atom stereocenters. The van der Waals surface area contributed by atoms with Crippen molar-refractivity contribution in [2.24, 2.45) is 0 Å². The van der Waals surface area contributed by atoms with Crippen molar-refractivity contribution >= 4 is 11.7 Å². The molecule has 1 fully saturated rings. The zero-order valence-electron chi connectivity index (χ0n) is 12.1. The number of likely N-dealkylation sites (tertiary alicyclic amines) is 1. The molecule has 3 heteroatoms. The molecular weight excluding hydrogens is 236 g/mol. The van der Waals surface area contributed by atoms with E-state index < -0.39 is 0 Å². The summed E-state index contributed by atoms with van der Waals surface area (Å²) >= 11 is 0. The Labute approximate surface area is 116 Å². The van der Waals surface area contributed by atoms with Gasteiger partial charge in [0.2, 0.25) is 0 Å². The van der Waals surface area contributed by atoms with E-state index in [0.717, 1.165) is 38.0 Å². The minimum absolute atomic E-state index is 0.131. The van der Waals surface area contributed by atoms with Crippen LogP contribution in [0, 0.1) is 0 Å². The number of benzene rings is 1. The maximum absolute atomic E-state index is 12.5. The molecule has 0 aliphatic carbocycles. The van der Waals surface area contributed by atoms with E-state index in [2.05, 4.69) is 19.1 Å². The van der Waals surface area contributed by atoms with Crippen molar-refractivity contribution in [3.05, 3.63) is 29.8 Å². The predicted octanol–water partition coefficient (Wildman–Crippen LogP) is 3.68. The van der Waals surface area contributed by atoms with Crippen LogP contribution in [0.25, 0.3) is 0 Å². The fraction of sp³-hybridized carbons (Fsp3) is 0.562. The van der Waals surface area contributed by atoms with E-state index >= 15 is 0 Å². The summed E-state index contributed by atoms with van der Waals surface area (Å²) in [6.45, 7) is 3.94. The highest BCUT2D eigenvalue weighted by atomic mass is 16.2. The minimum Gasteiger partial charge on any atom is -0.324 e. The Balaban J connectivity index is 2.04. The SMILES string of the molecule is CCc1ccc(N(C)C(=O)N2CCCCCC2)cc1. The van der Waals surface area contributed by atoms with Crippen LogP contribution in [0.15, 0.2) is 24.3 Å². The molecule has 3 nitrogen and oxygen atoms in total. The maximum atomic E-state index is 12.5. The normalized spacial score (nSPS) is 16.0. The summed E-state index contributed by atoms with van der Waals surface area (Å²) in [5.41, 5.74) is 2.28. The predicted molar refractivity (Wildman–Crippen MR) is 79.7 cm³/mol. The highest BCUT2D eigenvalue weighted by molar-refractivity contribution is 5.91. The average Bonchev–Trinajstić information content (AvgIpc) is 2.75. The lowest BCUT2D eigenvalue weighted by Gasteiger charge is -2.27. The van der Waals surface area contributed by atoms with Gasteiger partial charge in [-0.1, -0.05) is 31.9 Å². The van der Waals surface area contributed by atoms with E-state index in [4.69, 9.17) is 0 Å². The molecule has 0 unspecified atom stereocenters. The van der Waals surface area contributed by atoms with Gasteiger partial charge in [0.1, 0.15) is 0 Å². The van der Waals surface area contributed by atoms with Crippen LogP contribution in [0.5, 0.6) is 0 Å². The Hall–Kier alpha value is -1.51. The summed E-state index contributed by atoms with van der Waals surface area (Å²) in [5, 5.41) is 0. The molecule has 1 aromatic rings. The summed E-state index contributed by atoms with van der Waals surface area (Å²) in [6, 6.07) is 8.40. The monoisotopic (exact) mass is 260 g/mol. The topological polar surface area (TPSA) is 23.6 Å². The molecule has 0 aromatic heterocycles. The second-order valence-electron chi connectivity index (χ2n) is 5.26. The highest BCUT2D eigenvalue weighted by Gasteiger charge is 2.19. The van der Waals surface area contributed by atoms with Gasteiger partial charge in [0.25, 0.3) is 0 Å². The smallest absolute Gasteiger partial charge is 0.324 e. The Morgan fingerprint density at radius 2 is 1.68 bits per heavy atom. The molecule has 0 saturated carbocycles. The highest BCUT2D eigenvalue weighted by Crippen LogP contribution is 2.18. The number of urea groups is 1. The molecule has 1 aliphatic rings. The van der Waals surface area contributed by atoms with Gasteiger partial charge in [-0.3, -0.25) is 4.90 Å². The Bertz CT molecular complexity index is 405. The Morgan fingerprint density at radius 3 is 2.21 bits per heavy atom. The molecule has 104 valence electrons. The van der Waals surface area contributed by atoms with Crippen LogP contribution >= 0.6 is 0 Å². The van der Waals surface area contributed by atoms with Crippen molar-refractivity contribution < 1.29 is 4.79 Å². The van der Waals surface area contributed by atoms with Gasteiger partial charge in [0.15, 0.2) is 0 Å². The van der Waals surface area contributed by atoms with Gasteiger partial charge in [0, 0.05) is 25.8 Å². The molecule has 1 aromatic carbocycles. The van der Waals surface area contributed by atoms with Crippen LogP contribution in [0.1, 0.15) is 38.2 Å². The molecule has 1 aliphatic heterocycles. The summed E-state index contributed by atoms with van der Waals surface area (Å²) in [4.78, 5) is 16.2. The number of carbonyl (C=O) groups is 1. The largest absolute Gasteiger partial charge is 0.324 e. The zero-order chi connectivity index (χ0) is 13.7. The van der Waals surface area contributed by atoms with Crippen LogP contribution in [0.4, 0.5) is 10.5 Å². The number of aryl methyl sites for hydroxylation is 1. The summed E-state index contributed by atoms with van der Waals surface area (Å²) in [5.74, 6) is 0. The fourth-order valence-corrected chi connectivity index (χ4v) is 2.54. The van der Waals surface area contributed by atoms with Gasteiger partial charge < -0.3 is 4.90 Å². The number of rotatable bonds is 2. The number of carbonyl (C=O) groups excluding carboxylic acids is 1. The van der Waals surface area contributed by atoms with Crippen molar-refractivity contribution in [3.8, 4) is 0 Å². The van der Waals surface area contributed by atoms with Gasteiger partial charge in [-0.25, -0.2) is 4.79 Å². The van der Waals surface area contributed by atoms with Crippen molar-refractivity contribution in [2.45, 2.75) is 39.0 Å². The molecule has 1 heterocycles. The van der Waals surface area contributed by atoms with Crippen molar-refractivity contribution in [1.82, 2.24) is 4.90 Å². The van der Waals surface area contributed by atoms with Gasteiger partial charge in [0.05, 0.1) is 0 Å². The fourth-order valence-electron chi connectivity index (χ4n) is 2.54. The van der Waals surface area contributed by atoms with Crippen molar-refractivity contribution in [3.63, 3.8) is 0 Å². The first-order chi connectivity index (χ1) is 9.22. The Morgan fingerprint density at radius 1 is 1.11 bits per heavy atom. The Kier molecular flexibility index (Phi) is 4.83. The molecule has 2 amide bonds. The third-order valence-corrected chi connectivity index (χ3v) is 3.90. The van der Waals surface area contributed by atoms with Crippen LogP contribution in [-0.4, -0.2) is 31.1 Å². The number of hydrogen-bond acceptors (Lipinski definition) is 1. The number of anilines is 1. The van der Waals surface area contributed by atoms with E-state index in [-0.39, 0.29) is 6.03 Å². The van der Waals surface area contributed by atoms with Crippen LogP contribution in [0.2, 0.25) is 0 Å². The quantitative estimate of drug-likeness (QED) is 0.795. The lowest BCUT2D eigenvalue weighted by atomic mass is 10.1. The zero-order valence-corrected chi connectivity index (χ0v) is 12.1. The standard InChI is InChI=1S/C16H24N2O/c1-3-14-8-10-15(11-9-14)17(2)16(19)18-12-6-4-5-7-13-18/h8-11H,3-7,12-13H2,1-2H3. The third kappa shape index (κ3) is 3.49. The van der Waals surface area contributed by atoms with Crippen LogP contribution < -0.4 is 4.90 Å². The first kappa shape index (κ1) is 13.9. The molecule has 0 spiro atoms. The maximum Gasteiger partial charge on any atom is 0.324 e. The molecule has 0 N–H and O–H groups in total. The van der Waals surface area contributed by atoms with E-state index in [0.29, 0.717) is 0 Å². The first-order valence-electron chi connectivity index (χ1n) is 7.34. The molecule has 0 radical (unpaired) electrons. The molecule has 0 bridgehead atoms. The molecule has 19 heavy (non-hydrogen) atoms. The average molecular weight is 260 g/mol. The third-order valence-electron chi connectivity index (χ3n) is 3.90. The van der Waals surface area contributed by atoms with Gasteiger partial charge >= 0.3 is 6.03 Å². The van der Waals surface area contributed by atoms with Crippen molar-refractivity contribution in [2.75, 3.05) is 25.0 Å². The van der Waals surface area contributed by atoms with Gasteiger partial charge in [-0.2, -0.15) is 0 Å². The second-order valence-corrected chi connectivity index (χ2v) is 5.26.